The fourth-order valence-corrected chi connectivity index (χ4v) is 4.51. The molecule has 0 aromatic heterocycles. The third-order valence-corrected chi connectivity index (χ3v) is 7.09. The summed E-state index contributed by atoms with van der Waals surface area (Å²) in [6.45, 7) is 3.22. The third kappa shape index (κ3) is 3.84. The van der Waals surface area contributed by atoms with Crippen LogP contribution in [-0.4, -0.2) is 19.7 Å². The highest BCUT2D eigenvalue weighted by molar-refractivity contribution is 7.90. The number of hydrogen-bond donors (Lipinski definition) is 1. The maximum absolute atomic E-state index is 16.0. The third-order valence-electron chi connectivity index (χ3n) is 5.23. The summed E-state index contributed by atoms with van der Waals surface area (Å²) in [5.74, 6) is 0. The van der Waals surface area contributed by atoms with Crippen LogP contribution in [0.1, 0.15) is 45.1 Å². The first-order chi connectivity index (χ1) is 12.3. The molecule has 2 aromatic rings. The normalized spacial score (nSPS) is 23.9. The van der Waals surface area contributed by atoms with Crippen LogP contribution in [0.5, 0.6) is 0 Å². The maximum atomic E-state index is 16.0. The van der Waals surface area contributed by atoms with Crippen molar-refractivity contribution in [3.05, 3.63) is 60.2 Å². The first-order valence-electron chi connectivity index (χ1n) is 9.19. The summed E-state index contributed by atoms with van der Waals surface area (Å²) in [5, 5.41) is -0.575. The molecule has 26 heavy (non-hydrogen) atoms. The lowest BCUT2D eigenvalue weighted by atomic mass is 9.77. The molecule has 2 aromatic carbocycles. The van der Waals surface area contributed by atoms with Crippen LogP contribution < -0.4 is 4.72 Å². The number of benzene rings is 2. The lowest BCUT2D eigenvalue weighted by Gasteiger charge is -2.38. The van der Waals surface area contributed by atoms with E-state index in [-0.39, 0.29) is 0 Å². The van der Waals surface area contributed by atoms with E-state index in [4.69, 9.17) is 0 Å². The van der Waals surface area contributed by atoms with Crippen molar-refractivity contribution in [1.82, 2.24) is 4.72 Å². The van der Waals surface area contributed by atoms with Crippen molar-refractivity contribution in [3.8, 4) is 11.1 Å². The molecule has 1 fully saturated rings. The molecule has 2 atom stereocenters. The number of halogens is 1. The Hall–Kier alpha value is -1.72. The molecule has 0 radical (unpaired) electrons. The number of rotatable bonds is 5. The van der Waals surface area contributed by atoms with Gasteiger partial charge >= 0.3 is 0 Å². The molecule has 0 spiro atoms. The number of nitrogens with one attached hydrogen (secondary N) is 1. The molecule has 0 amide bonds. The van der Waals surface area contributed by atoms with E-state index >= 15 is 4.39 Å². The van der Waals surface area contributed by atoms with Crippen molar-refractivity contribution in [1.29, 1.82) is 0 Å². The molecule has 1 saturated carbocycles. The van der Waals surface area contributed by atoms with Crippen molar-refractivity contribution in [2.75, 3.05) is 0 Å². The van der Waals surface area contributed by atoms with Crippen LogP contribution in [0.15, 0.2) is 54.6 Å². The van der Waals surface area contributed by atoms with Crippen LogP contribution in [0.3, 0.4) is 0 Å². The van der Waals surface area contributed by atoms with E-state index in [0.717, 1.165) is 24.0 Å². The highest BCUT2D eigenvalue weighted by Crippen LogP contribution is 2.42. The van der Waals surface area contributed by atoms with Crippen molar-refractivity contribution in [2.24, 2.45) is 0 Å². The number of sulfonamides is 1. The van der Waals surface area contributed by atoms with Crippen LogP contribution in [0, 0.1) is 0 Å². The van der Waals surface area contributed by atoms with Gasteiger partial charge in [-0.1, -0.05) is 61.0 Å². The Morgan fingerprint density at radius 2 is 1.62 bits per heavy atom. The van der Waals surface area contributed by atoms with Gasteiger partial charge in [0.2, 0.25) is 10.0 Å². The van der Waals surface area contributed by atoms with Gasteiger partial charge in [0, 0.05) is 0 Å². The van der Waals surface area contributed by atoms with Crippen molar-refractivity contribution < 1.29 is 12.8 Å². The van der Waals surface area contributed by atoms with Crippen LogP contribution >= 0.6 is 0 Å². The molecule has 0 heterocycles. The summed E-state index contributed by atoms with van der Waals surface area (Å²) in [5.41, 5.74) is 0.976. The van der Waals surface area contributed by atoms with Gasteiger partial charge in [-0.05, 0) is 49.8 Å². The zero-order valence-corrected chi connectivity index (χ0v) is 16.1. The molecule has 1 aliphatic rings. The lowest BCUT2D eigenvalue weighted by molar-refractivity contribution is 0.0712. The Morgan fingerprint density at radius 1 is 1.00 bits per heavy atom. The second-order valence-corrected chi connectivity index (χ2v) is 9.58. The molecule has 0 saturated heterocycles. The molecule has 3 nitrogen and oxygen atoms in total. The van der Waals surface area contributed by atoms with E-state index in [2.05, 4.69) is 4.72 Å². The summed E-state index contributed by atoms with van der Waals surface area (Å²) in [6, 6.07) is 16.6. The molecular formula is C21H26FNO2S. The highest BCUT2D eigenvalue weighted by atomic mass is 32.2. The second-order valence-electron chi connectivity index (χ2n) is 7.32. The van der Waals surface area contributed by atoms with Gasteiger partial charge in [-0.2, -0.15) is 0 Å². The van der Waals surface area contributed by atoms with Crippen molar-refractivity contribution in [3.63, 3.8) is 0 Å². The van der Waals surface area contributed by atoms with E-state index in [1.165, 1.54) is 0 Å². The van der Waals surface area contributed by atoms with Crippen LogP contribution in [0.2, 0.25) is 0 Å². The van der Waals surface area contributed by atoms with Gasteiger partial charge < -0.3 is 0 Å². The Kier molecular flexibility index (Phi) is 5.49. The predicted octanol–water partition coefficient (Wildman–Crippen LogP) is 4.79. The monoisotopic (exact) mass is 375 g/mol. The predicted molar refractivity (Wildman–Crippen MR) is 104 cm³/mol. The average Bonchev–Trinajstić information content (AvgIpc) is 2.64. The van der Waals surface area contributed by atoms with Crippen LogP contribution in [0.25, 0.3) is 11.1 Å². The van der Waals surface area contributed by atoms with Crippen LogP contribution in [0.4, 0.5) is 4.39 Å². The minimum Gasteiger partial charge on any atom is -0.237 e. The minimum absolute atomic E-state index is 0.336. The molecule has 0 bridgehead atoms. The first kappa shape index (κ1) is 19.1. The summed E-state index contributed by atoms with van der Waals surface area (Å²) in [4.78, 5) is 0. The molecule has 140 valence electrons. The maximum Gasteiger partial charge on any atom is 0.214 e. The van der Waals surface area contributed by atoms with Gasteiger partial charge in [0.25, 0.3) is 0 Å². The molecule has 2 unspecified atom stereocenters. The number of alkyl halides is 1. The molecule has 0 aliphatic heterocycles. The van der Waals surface area contributed by atoms with Crippen molar-refractivity contribution >= 4 is 10.0 Å². The smallest absolute Gasteiger partial charge is 0.214 e. The lowest BCUT2D eigenvalue weighted by Crippen LogP contribution is -2.51. The van der Waals surface area contributed by atoms with Crippen LogP contribution in [-0.2, 0) is 15.7 Å². The second kappa shape index (κ2) is 7.49. The zero-order valence-electron chi connectivity index (χ0n) is 15.3. The molecule has 5 heteroatoms. The fraction of sp³-hybridized carbons (Fsp3) is 0.429. The fourth-order valence-electron chi connectivity index (χ4n) is 3.54. The average molecular weight is 376 g/mol. The van der Waals surface area contributed by atoms with Gasteiger partial charge in [-0.25, -0.2) is 17.5 Å². The first-order valence-corrected chi connectivity index (χ1v) is 10.7. The van der Waals surface area contributed by atoms with Gasteiger partial charge in [-0.3, -0.25) is 0 Å². The van der Waals surface area contributed by atoms with E-state index in [0.29, 0.717) is 18.4 Å². The Labute approximate surface area is 155 Å². The largest absolute Gasteiger partial charge is 0.237 e. The van der Waals surface area contributed by atoms with E-state index < -0.39 is 27.0 Å². The van der Waals surface area contributed by atoms with Gasteiger partial charge in [0.15, 0.2) is 5.67 Å². The number of hydrogen-bond acceptors (Lipinski definition) is 2. The molecule has 1 aliphatic carbocycles. The van der Waals surface area contributed by atoms with Crippen molar-refractivity contribution in [2.45, 2.75) is 56.5 Å². The Bertz CT molecular complexity index is 834. The molecule has 3 rings (SSSR count). The molecular weight excluding hydrogens is 349 g/mol. The zero-order chi connectivity index (χ0) is 18.8. The van der Waals surface area contributed by atoms with Gasteiger partial charge in [0.1, 0.15) is 0 Å². The highest BCUT2D eigenvalue weighted by Gasteiger charge is 2.44. The summed E-state index contributed by atoms with van der Waals surface area (Å²) in [6.07, 6.45) is 2.45. The van der Waals surface area contributed by atoms with E-state index in [1.807, 2.05) is 42.5 Å². The SMILES string of the molecule is CC(C)S(=O)(=O)NC1CCCCC1(F)c1ccc(-c2ccccc2)cc1. The standard InChI is InChI=1S/C21H26FNO2S/c1-16(2)26(24,25)23-20-10-6-7-15-21(20,22)19-13-11-18(12-14-19)17-8-4-3-5-9-17/h3-5,8-9,11-14,16,20,23H,6-7,10,15H2,1-2H3. The van der Waals surface area contributed by atoms with E-state index in [9.17, 15) is 8.42 Å². The van der Waals surface area contributed by atoms with Gasteiger partial charge in [0.05, 0.1) is 11.3 Å². The summed E-state index contributed by atoms with van der Waals surface area (Å²) < 4.78 is 43.2. The minimum atomic E-state index is -3.52. The Balaban J connectivity index is 1.89. The topological polar surface area (TPSA) is 46.2 Å². The van der Waals surface area contributed by atoms with E-state index in [1.54, 1.807) is 26.0 Å². The van der Waals surface area contributed by atoms with Gasteiger partial charge in [-0.15, -0.1) is 0 Å². The summed E-state index contributed by atoms with van der Waals surface area (Å²) >= 11 is 0. The summed E-state index contributed by atoms with van der Waals surface area (Å²) in [7, 11) is -3.52. The molecule has 1 N–H and O–H groups in total. The Morgan fingerprint density at radius 3 is 2.23 bits per heavy atom. The quantitative estimate of drug-likeness (QED) is 0.817.